The van der Waals surface area contributed by atoms with Gasteiger partial charge in [0.1, 0.15) is 18.5 Å². The van der Waals surface area contributed by atoms with E-state index in [1.807, 2.05) is 13.8 Å². The Kier molecular flexibility index (Phi) is 3.96. The van der Waals surface area contributed by atoms with Crippen LogP contribution in [-0.2, 0) is 4.74 Å². The molecule has 9 heteroatoms. The molecule has 3 heterocycles. The van der Waals surface area contributed by atoms with Crippen LogP contribution in [0.25, 0.3) is 11.2 Å². The number of nitrogens with two attached hydrogens (primary N) is 1. The Morgan fingerprint density at radius 3 is 2.82 bits per heavy atom. The maximum absolute atomic E-state index is 10.2. The molecule has 2 aromatic rings. The fourth-order valence-corrected chi connectivity index (χ4v) is 2.57. The van der Waals surface area contributed by atoms with Crippen LogP contribution in [0, 0.1) is 0 Å². The summed E-state index contributed by atoms with van der Waals surface area (Å²) in [6.45, 7) is 3.75. The van der Waals surface area contributed by atoms with Crippen LogP contribution in [0.3, 0.4) is 0 Å². The number of imidazole rings is 1. The number of fused-ring (bicyclic) bond motifs is 1. The molecule has 120 valence electrons. The fourth-order valence-electron chi connectivity index (χ4n) is 2.57. The summed E-state index contributed by atoms with van der Waals surface area (Å²) in [6, 6.07) is -0.466. The second kappa shape index (κ2) is 5.76. The molecule has 0 amide bonds. The van der Waals surface area contributed by atoms with Gasteiger partial charge >= 0.3 is 0 Å². The van der Waals surface area contributed by atoms with Crippen LogP contribution in [0.15, 0.2) is 12.7 Å². The number of aliphatic hydroxyl groups is 2. The molecule has 4 atom stereocenters. The van der Waals surface area contributed by atoms with Crippen LogP contribution in [0.5, 0.6) is 0 Å². The number of anilines is 1. The zero-order valence-corrected chi connectivity index (χ0v) is 12.4. The van der Waals surface area contributed by atoms with Crippen molar-refractivity contribution in [1.29, 1.82) is 0 Å². The Morgan fingerprint density at radius 2 is 2.18 bits per heavy atom. The van der Waals surface area contributed by atoms with Gasteiger partial charge < -0.3 is 26.0 Å². The largest absolute Gasteiger partial charge is 0.394 e. The van der Waals surface area contributed by atoms with Gasteiger partial charge in [0.25, 0.3) is 0 Å². The predicted molar refractivity (Wildman–Crippen MR) is 79.1 cm³/mol. The lowest BCUT2D eigenvalue weighted by molar-refractivity contribution is -0.0488. The summed E-state index contributed by atoms with van der Waals surface area (Å²) in [6.07, 6.45) is 0.652. The van der Waals surface area contributed by atoms with Crippen molar-refractivity contribution < 1.29 is 14.9 Å². The van der Waals surface area contributed by atoms with Gasteiger partial charge in [0.15, 0.2) is 23.2 Å². The first kappa shape index (κ1) is 15.1. The Balaban J connectivity index is 1.99. The van der Waals surface area contributed by atoms with E-state index in [1.165, 1.54) is 12.7 Å². The highest BCUT2D eigenvalue weighted by molar-refractivity contribution is 5.82. The van der Waals surface area contributed by atoms with Gasteiger partial charge in [-0.25, -0.2) is 15.0 Å². The van der Waals surface area contributed by atoms with Gasteiger partial charge in [0, 0.05) is 6.04 Å². The summed E-state index contributed by atoms with van der Waals surface area (Å²) in [5.41, 5.74) is 6.98. The Morgan fingerprint density at radius 1 is 1.41 bits per heavy atom. The van der Waals surface area contributed by atoms with Crippen molar-refractivity contribution in [2.75, 3.05) is 11.9 Å². The summed E-state index contributed by atoms with van der Waals surface area (Å²) in [7, 11) is 0. The summed E-state index contributed by atoms with van der Waals surface area (Å²) in [5.74, 6) is 0.620. The number of hydrogen-bond acceptors (Lipinski definition) is 8. The predicted octanol–water partition coefficient (Wildman–Crippen LogP) is -0.775. The lowest BCUT2D eigenvalue weighted by atomic mass is 10.1. The zero-order chi connectivity index (χ0) is 15.9. The average Bonchev–Trinajstić information content (AvgIpc) is 3.02. The second-order valence-corrected chi connectivity index (χ2v) is 5.66. The van der Waals surface area contributed by atoms with Gasteiger partial charge in [-0.2, -0.15) is 0 Å². The minimum Gasteiger partial charge on any atom is -0.394 e. The van der Waals surface area contributed by atoms with E-state index in [0.29, 0.717) is 17.0 Å². The van der Waals surface area contributed by atoms with Crippen LogP contribution in [0.2, 0.25) is 0 Å². The number of ether oxygens (including phenoxy) is 1. The third-order valence-corrected chi connectivity index (χ3v) is 3.67. The van der Waals surface area contributed by atoms with Crippen LogP contribution >= 0.6 is 0 Å². The molecular weight excluding hydrogens is 288 g/mol. The highest BCUT2D eigenvalue weighted by atomic mass is 16.5. The van der Waals surface area contributed by atoms with Gasteiger partial charge in [0.2, 0.25) is 0 Å². The number of nitrogens with zero attached hydrogens (tertiary/aromatic N) is 4. The summed E-state index contributed by atoms with van der Waals surface area (Å²) >= 11 is 0. The third-order valence-electron chi connectivity index (χ3n) is 3.67. The van der Waals surface area contributed by atoms with Crippen LogP contribution in [0.4, 0.5) is 5.82 Å². The molecule has 1 saturated heterocycles. The molecule has 1 aliphatic rings. The Labute approximate surface area is 127 Å². The van der Waals surface area contributed by atoms with Crippen molar-refractivity contribution >= 4 is 17.0 Å². The molecule has 5 N–H and O–H groups in total. The van der Waals surface area contributed by atoms with E-state index >= 15 is 0 Å². The van der Waals surface area contributed by atoms with Gasteiger partial charge in [-0.15, -0.1) is 0 Å². The third kappa shape index (κ3) is 2.41. The lowest BCUT2D eigenvalue weighted by Crippen LogP contribution is -2.41. The molecule has 0 radical (unpaired) electrons. The van der Waals surface area contributed by atoms with E-state index in [-0.39, 0.29) is 12.6 Å². The molecule has 0 bridgehead atoms. The number of nitrogens with one attached hydrogen (secondary N) is 1. The molecule has 1 fully saturated rings. The highest BCUT2D eigenvalue weighted by Gasteiger charge is 2.42. The minimum absolute atomic E-state index is 0.198. The van der Waals surface area contributed by atoms with Crippen molar-refractivity contribution in [3.63, 3.8) is 0 Å². The second-order valence-electron chi connectivity index (χ2n) is 5.66. The van der Waals surface area contributed by atoms with E-state index in [1.54, 1.807) is 4.57 Å². The summed E-state index contributed by atoms with van der Waals surface area (Å²) in [4.78, 5) is 12.7. The zero-order valence-electron chi connectivity index (χ0n) is 12.4. The Bertz CT molecular complexity index is 660. The number of hydrogen-bond donors (Lipinski definition) is 4. The highest BCUT2D eigenvalue weighted by Crippen LogP contribution is 2.31. The molecule has 0 spiro atoms. The van der Waals surface area contributed by atoms with E-state index in [9.17, 15) is 10.2 Å². The molecule has 0 aliphatic carbocycles. The van der Waals surface area contributed by atoms with Gasteiger partial charge in [-0.1, -0.05) is 0 Å². The first-order chi connectivity index (χ1) is 10.5. The number of aliphatic hydroxyl groups excluding tert-OH is 2. The van der Waals surface area contributed by atoms with E-state index in [0.717, 1.165) is 0 Å². The maximum atomic E-state index is 10.2. The normalized spacial score (nSPS) is 28.6. The molecular formula is C13H20N6O3. The van der Waals surface area contributed by atoms with E-state index in [4.69, 9.17) is 10.5 Å². The molecule has 0 unspecified atom stereocenters. The van der Waals surface area contributed by atoms with Crippen molar-refractivity contribution in [1.82, 2.24) is 19.5 Å². The summed E-state index contributed by atoms with van der Waals surface area (Å²) < 4.78 is 7.24. The number of aromatic nitrogens is 4. The standard InChI is InChI=1S/C13H20N6O3/c1-6(2)18-11-9-12(16-4-15-11)19(5-17-9)13-10(21)8(14)7(3-20)22-13/h4-8,10,13,20-21H,3,14H2,1-2H3,(H,15,16,18)/t7-,8-,10-,13-/m1/s1. The number of rotatable bonds is 4. The van der Waals surface area contributed by atoms with Crippen LogP contribution in [-0.4, -0.2) is 60.6 Å². The lowest BCUT2D eigenvalue weighted by Gasteiger charge is -2.17. The summed E-state index contributed by atoms with van der Waals surface area (Å²) in [5, 5.41) is 22.7. The van der Waals surface area contributed by atoms with Crippen molar-refractivity contribution in [3.05, 3.63) is 12.7 Å². The fraction of sp³-hybridized carbons (Fsp3) is 0.615. The average molecular weight is 308 g/mol. The van der Waals surface area contributed by atoms with Crippen LogP contribution < -0.4 is 11.1 Å². The van der Waals surface area contributed by atoms with Gasteiger partial charge in [0.05, 0.1) is 19.0 Å². The molecule has 22 heavy (non-hydrogen) atoms. The van der Waals surface area contributed by atoms with Crippen LogP contribution in [0.1, 0.15) is 20.1 Å². The molecule has 3 rings (SSSR count). The van der Waals surface area contributed by atoms with E-state index < -0.39 is 24.5 Å². The molecule has 1 aliphatic heterocycles. The monoisotopic (exact) mass is 308 g/mol. The maximum Gasteiger partial charge on any atom is 0.167 e. The molecule has 0 aromatic carbocycles. The van der Waals surface area contributed by atoms with Crippen molar-refractivity contribution in [2.45, 2.75) is 44.4 Å². The molecule has 0 saturated carbocycles. The van der Waals surface area contributed by atoms with Crippen molar-refractivity contribution in [3.8, 4) is 0 Å². The SMILES string of the molecule is CC(C)Nc1ncnc2c1ncn2[C@@H]1O[C@H](CO)[C@@H](N)[C@H]1O. The minimum atomic E-state index is -0.953. The molecule has 9 nitrogen and oxygen atoms in total. The quantitative estimate of drug-likeness (QED) is 0.579. The Hall–Kier alpha value is -1.81. The van der Waals surface area contributed by atoms with E-state index in [2.05, 4.69) is 20.3 Å². The van der Waals surface area contributed by atoms with Crippen molar-refractivity contribution in [2.24, 2.45) is 5.73 Å². The first-order valence-electron chi connectivity index (χ1n) is 7.17. The van der Waals surface area contributed by atoms with Gasteiger partial charge in [-0.3, -0.25) is 4.57 Å². The van der Waals surface area contributed by atoms with Gasteiger partial charge in [-0.05, 0) is 13.8 Å². The topological polar surface area (TPSA) is 131 Å². The smallest absolute Gasteiger partial charge is 0.167 e. The first-order valence-corrected chi connectivity index (χ1v) is 7.17. The molecule has 2 aromatic heterocycles.